The Morgan fingerprint density at radius 2 is 2.00 bits per heavy atom. The molecule has 0 aliphatic heterocycles. The lowest BCUT2D eigenvalue weighted by atomic mass is 10.0. The molecule has 4 heteroatoms. The molecule has 0 spiro atoms. The number of aliphatic hydroxyl groups excluding tert-OH is 1. The first kappa shape index (κ1) is 15.8. The summed E-state index contributed by atoms with van der Waals surface area (Å²) in [6.45, 7) is 2.66. The van der Waals surface area contributed by atoms with Crippen molar-refractivity contribution in [2.45, 2.75) is 38.3 Å². The van der Waals surface area contributed by atoms with Gasteiger partial charge < -0.3 is 10.4 Å². The number of hydrogen-bond donors (Lipinski definition) is 2. The topological polar surface area (TPSA) is 45.1 Å². The van der Waals surface area contributed by atoms with E-state index < -0.39 is 6.10 Å². The van der Waals surface area contributed by atoms with Gasteiger partial charge in [0.2, 0.25) is 0 Å². The number of rotatable bonds is 5. The van der Waals surface area contributed by atoms with Crippen molar-refractivity contribution in [1.82, 2.24) is 10.3 Å². The SMILES string of the molecule is CC(NCC(O)c1ccc2ccccc2c1)c1nc2c(s1)CCC2. The van der Waals surface area contributed by atoms with Gasteiger partial charge in [-0.1, -0.05) is 36.4 Å². The number of benzene rings is 2. The average molecular weight is 338 g/mol. The summed E-state index contributed by atoms with van der Waals surface area (Å²) in [5.41, 5.74) is 2.24. The van der Waals surface area contributed by atoms with Crippen LogP contribution in [-0.2, 0) is 12.8 Å². The van der Waals surface area contributed by atoms with E-state index in [0.29, 0.717) is 6.54 Å². The summed E-state index contributed by atoms with van der Waals surface area (Å²) in [7, 11) is 0. The minimum atomic E-state index is -0.510. The maximum atomic E-state index is 10.5. The summed E-state index contributed by atoms with van der Waals surface area (Å²) >= 11 is 1.82. The fourth-order valence-corrected chi connectivity index (χ4v) is 4.48. The van der Waals surface area contributed by atoms with Gasteiger partial charge in [-0.05, 0) is 48.6 Å². The third kappa shape index (κ3) is 3.09. The average Bonchev–Trinajstić information content (AvgIpc) is 3.21. The van der Waals surface area contributed by atoms with Gasteiger partial charge in [-0.25, -0.2) is 4.98 Å². The molecule has 1 aliphatic rings. The number of nitrogens with one attached hydrogen (secondary N) is 1. The normalized spacial score (nSPS) is 16.2. The van der Waals surface area contributed by atoms with E-state index in [9.17, 15) is 5.11 Å². The number of aryl methyl sites for hydroxylation is 2. The van der Waals surface area contributed by atoms with Gasteiger partial charge >= 0.3 is 0 Å². The van der Waals surface area contributed by atoms with Crippen molar-refractivity contribution in [3.63, 3.8) is 0 Å². The number of nitrogens with zero attached hydrogens (tertiary/aromatic N) is 1. The van der Waals surface area contributed by atoms with E-state index in [2.05, 4.69) is 36.5 Å². The van der Waals surface area contributed by atoms with E-state index in [0.717, 1.165) is 17.0 Å². The monoisotopic (exact) mass is 338 g/mol. The Morgan fingerprint density at radius 3 is 2.83 bits per heavy atom. The van der Waals surface area contributed by atoms with Crippen molar-refractivity contribution in [1.29, 1.82) is 0 Å². The minimum Gasteiger partial charge on any atom is -0.387 e. The highest BCUT2D eigenvalue weighted by Gasteiger charge is 2.20. The molecule has 0 bridgehead atoms. The van der Waals surface area contributed by atoms with E-state index in [1.807, 2.05) is 29.5 Å². The molecule has 3 nitrogen and oxygen atoms in total. The van der Waals surface area contributed by atoms with Gasteiger partial charge in [0.05, 0.1) is 17.8 Å². The van der Waals surface area contributed by atoms with Gasteiger partial charge in [-0.2, -0.15) is 0 Å². The lowest BCUT2D eigenvalue weighted by Gasteiger charge is -2.16. The smallest absolute Gasteiger partial charge is 0.110 e. The van der Waals surface area contributed by atoms with Crippen LogP contribution in [0.5, 0.6) is 0 Å². The minimum absolute atomic E-state index is 0.177. The molecule has 2 N–H and O–H groups in total. The van der Waals surface area contributed by atoms with Gasteiger partial charge in [0, 0.05) is 11.4 Å². The highest BCUT2D eigenvalue weighted by molar-refractivity contribution is 7.11. The first-order valence-electron chi connectivity index (χ1n) is 8.59. The third-order valence-electron chi connectivity index (χ3n) is 4.76. The summed E-state index contributed by atoms with van der Waals surface area (Å²) in [6, 6.07) is 14.6. The second-order valence-corrected chi connectivity index (χ2v) is 7.64. The van der Waals surface area contributed by atoms with Crippen molar-refractivity contribution < 1.29 is 5.11 Å². The Balaban J connectivity index is 1.42. The summed E-state index contributed by atoms with van der Waals surface area (Å²) in [5.74, 6) is 0. The van der Waals surface area contributed by atoms with Crippen LogP contribution in [0.25, 0.3) is 10.8 Å². The standard InChI is InChI=1S/C20H22N2OS/c1-13(20-22-17-7-4-8-19(17)24-20)21-12-18(23)16-10-9-14-5-2-3-6-15(14)11-16/h2-3,5-6,9-11,13,18,21,23H,4,7-8,12H2,1H3. The number of fused-ring (bicyclic) bond motifs is 2. The molecular weight excluding hydrogens is 316 g/mol. The third-order valence-corrected chi connectivity index (χ3v) is 6.10. The zero-order valence-electron chi connectivity index (χ0n) is 13.8. The Labute approximate surface area is 146 Å². The van der Waals surface area contributed by atoms with E-state index >= 15 is 0 Å². The molecule has 4 rings (SSSR count). The van der Waals surface area contributed by atoms with Crippen LogP contribution in [0, 0.1) is 0 Å². The lowest BCUT2D eigenvalue weighted by molar-refractivity contribution is 0.171. The van der Waals surface area contributed by atoms with E-state index in [1.54, 1.807) is 0 Å². The lowest BCUT2D eigenvalue weighted by Crippen LogP contribution is -2.24. The van der Waals surface area contributed by atoms with Crippen LogP contribution < -0.4 is 5.32 Å². The van der Waals surface area contributed by atoms with Gasteiger partial charge in [0.15, 0.2) is 0 Å². The quantitative estimate of drug-likeness (QED) is 0.734. The van der Waals surface area contributed by atoms with Crippen LogP contribution in [0.1, 0.15) is 46.6 Å². The second kappa shape index (κ2) is 6.63. The predicted molar refractivity (Wildman–Crippen MR) is 99.5 cm³/mol. The number of aromatic nitrogens is 1. The highest BCUT2D eigenvalue weighted by Crippen LogP contribution is 2.30. The van der Waals surface area contributed by atoms with Gasteiger partial charge in [-0.3, -0.25) is 0 Å². The summed E-state index contributed by atoms with van der Waals surface area (Å²) in [5, 5.41) is 17.5. The van der Waals surface area contributed by atoms with Crippen LogP contribution in [0.3, 0.4) is 0 Å². The molecule has 0 saturated carbocycles. The van der Waals surface area contributed by atoms with E-state index in [1.165, 1.54) is 34.2 Å². The Bertz CT molecular complexity index is 836. The molecule has 0 fully saturated rings. The molecule has 0 saturated heterocycles. The number of hydrogen-bond acceptors (Lipinski definition) is 4. The molecule has 2 unspecified atom stereocenters. The van der Waals surface area contributed by atoms with Crippen molar-refractivity contribution >= 4 is 22.1 Å². The second-order valence-electron chi connectivity index (χ2n) is 6.53. The molecular formula is C20H22N2OS. The zero-order valence-corrected chi connectivity index (χ0v) is 14.6. The van der Waals surface area contributed by atoms with Crippen molar-refractivity contribution in [3.8, 4) is 0 Å². The Morgan fingerprint density at radius 1 is 1.17 bits per heavy atom. The molecule has 124 valence electrons. The van der Waals surface area contributed by atoms with Crippen LogP contribution in [0.15, 0.2) is 42.5 Å². The van der Waals surface area contributed by atoms with E-state index in [4.69, 9.17) is 4.98 Å². The van der Waals surface area contributed by atoms with Crippen LogP contribution in [-0.4, -0.2) is 16.6 Å². The molecule has 2 aromatic carbocycles. The molecule has 0 radical (unpaired) electrons. The first-order chi connectivity index (χ1) is 11.7. The molecule has 1 aliphatic carbocycles. The van der Waals surface area contributed by atoms with Gasteiger partial charge in [-0.15, -0.1) is 11.3 Å². The van der Waals surface area contributed by atoms with Gasteiger partial charge in [0.25, 0.3) is 0 Å². The predicted octanol–water partition coefficient (Wildman–Crippen LogP) is 4.17. The zero-order chi connectivity index (χ0) is 16.5. The largest absolute Gasteiger partial charge is 0.387 e. The highest BCUT2D eigenvalue weighted by atomic mass is 32.1. The number of aliphatic hydroxyl groups is 1. The number of thiazole rings is 1. The fraction of sp³-hybridized carbons (Fsp3) is 0.350. The van der Waals surface area contributed by atoms with Crippen LogP contribution >= 0.6 is 11.3 Å². The fourth-order valence-electron chi connectivity index (χ4n) is 3.30. The van der Waals surface area contributed by atoms with Crippen molar-refractivity contribution in [2.24, 2.45) is 0 Å². The summed E-state index contributed by atoms with van der Waals surface area (Å²) < 4.78 is 0. The maximum Gasteiger partial charge on any atom is 0.110 e. The molecule has 1 heterocycles. The first-order valence-corrected chi connectivity index (χ1v) is 9.41. The van der Waals surface area contributed by atoms with Gasteiger partial charge in [0.1, 0.15) is 5.01 Å². The Hall–Kier alpha value is -1.75. The molecule has 2 atom stereocenters. The summed E-state index contributed by atoms with van der Waals surface area (Å²) in [6.07, 6.45) is 3.04. The molecule has 3 aromatic rings. The summed E-state index contributed by atoms with van der Waals surface area (Å²) in [4.78, 5) is 6.21. The molecule has 24 heavy (non-hydrogen) atoms. The van der Waals surface area contributed by atoms with Crippen LogP contribution in [0.2, 0.25) is 0 Å². The molecule has 0 amide bonds. The Kier molecular flexibility index (Phi) is 4.35. The van der Waals surface area contributed by atoms with E-state index in [-0.39, 0.29) is 6.04 Å². The molecule has 1 aromatic heterocycles. The van der Waals surface area contributed by atoms with Crippen LogP contribution in [0.4, 0.5) is 0 Å². The van der Waals surface area contributed by atoms with Crippen molar-refractivity contribution in [2.75, 3.05) is 6.54 Å². The maximum absolute atomic E-state index is 10.5. The van der Waals surface area contributed by atoms with Crippen molar-refractivity contribution in [3.05, 3.63) is 63.6 Å².